The van der Waals surface area contributed by atoms with Crippen LogP contribution in [0.3, 0.4) is 0 Å². The predicted octanol–water partition coefficient (Wildman–Crippen LogP) is 1.82. The van der Waals surface area contributed by atoms with Crippen molar-refractivity contribution in [1.82, 2.24) is 35.4 Å². The van der Waals surface area contributed by atoms with Gasteiger partial charge in [-0.3, -0.25) is 9.78 Å². The molecule has 4 heterocycles. The van der Waals surface area contributed by atoms with Gasteiger partial charge in [0, 0.05) is 17.3 Å². The summed E-state index contributed by atoms with van der Waals surface area (Å²) in [6.45, 7) is 2.02. The Hall–Kier alpha value is -3.88. The summed E-state index contributed by atoms with van der Waals surface area (Å²) in [5.41, 5.74) is 4.10. The van der Waals surface area contributed by atoms with Crippen LogP contribution < -0.4 is 10.9 Å². The molecular weight excluding hydrogens is 344 g/mol. The van der Waals surface area contributed by atoms with Crippen LogP contribution in [0.15, 0.2) is 53.5 Å². The monoisotopic (exact) mass is 358 g/mol. The zero-order chi connectivity index (χ0) is 18.4. The second-order valence-corrected chi connectivity index (χ2v) is 6.29. The number of nitrogens with zero attached hydrogens (tertiary/aromatic N) is 6. The normalized spacial score (nSPS) is 14.9. The van der Waals surface area contributed by atoms with Crippen molar-refractivity contribution in [3.8, 4) is 11.3 Å². The summed E-state index contributed by atoms with van der Waals surface area (Å²) in [5, 5.41) is 21.8. The van der Waals surface area contributed by atoms with Crippen LogP contribution in [0.5, 0.6) is 0 Å². The maximum atomic E-state index is 12.5. The van der Waals surface area contributed by atoms with E-state index < -0.39 is 6.04 Å². The Morgan fingerprint density at radius 2 is 1.96 bits per heavy atom. The summed E-state index contributed by atoms with van der Waals surface area (Å²) in [7, 11) is 0. The van der Waals surface area contributed by atoms with E-state index in [2.05, 4.69) is 36.0 Å². The smallest absolute Gasteiger partial charge is 0.288 e. The zero-order valence-electron chi connectivity index (χ0n) is 14.3. The molecule has 0 aliphatic carbocycles. The molecule has 1 atom stereocenters. The summed E-state index contributed by atoms with van der Waals surface area (Å²) < 4.78 is 1.61. The van der Waals surface area contributed by atoms with Gasteiger partial charge in [-0.25, -0.2) is 5.10 Å². The highest BCUT2D eigenvalue weighted by molar-refractivity contribution is 5.75. The molecular formula is C18H14N8O. The molecule has 4 aromatic rings. The molecule has 3 aromatic heterocycles. The van der Waals surface area contributed by atoms with Crippen LogP contribution in [0, 0.1) is 6.92 Å². The summed E-state index contributed by atoms with van der Waals surface area (Å²) in [5.74, 6) is 0.379. The van der Waals surface area contributed by atoms with Crippen LogP contribution in [0.1, 0.15) is 22.9 Å². The van der Waals surface area contributed by atoms with E-state index in [1.807, 2.05) is 49.4 Å². The number of nitrogens with one attached hydrogen (secondary N) is 2. The van der Waals surface area contributed by atoms with Gasteiger partial charge in [-0.15, -0.1) is 0 Å². The van der Waals surface area contributed by atoms with Gasteiger partial charge >= 0.3 is 0 Å². The first-order valence-electron chi connectivity index (χ1n) is 8.38. The molecule has 27 heavy (non-hydrogen) atoms. The van der Waals surface area contributed by atoms with E-state index in [1.165, 1.54) is 0 Å². The fourth-order valence-electron chi connectivity index (χ4n) is 3.28. The number of rotatable bonds is 2. The van der Waals surface area contributed by atoms with Crippen LogP contribution in [-0.4, -0.2) is 35.4 Å². The summed E-state index contributed by atoms with van der Waals surface area (Å²) in [6, 6.07) is 13.1. The van der Waals surface area contributed by atoms with Gasteiger partial charge in [0.15, 0.2) is 0 Å². The van der Waals surface area contributed by atoms with Crippen LogP contribution in [-0.2, 0) is 0 Å². The first-order valence-corrected chi connectivity index (χ1v) is 8.38. The number of aryl methyl sites for hydroxylation is 1. The molecule has 5 rings (SSSR count). The molecule has 1 aromatic carbocycles. The Bertz CT molecular complexity index is 1180. The van der Waals surface area contributed by atoms with E-state index in [0.717, 1.165) is 16.8 Å². The second kappa shape index (κ2) is 5.84. The number of aromatic nitrogens is 7. The SMILES string of the molecule is Cc1ccc(-c2n[nH]c(=O)c3c2[C@@H](c2ccccn2)n2nnnc2N3)cc1. The number of fused-ring (bicyclic) bond motifs is 2. The number of hydrogen-bond acceptors (Lipinski definition) is 7. The highest BCUT2D eigenvalue weighted by Gasteiger charge is 2.34. The molecule has 9 nitrogen and oxygen atoms in total. The lowest BCUT2D eigenvalue weighted by Crippen LogP contribution is -2.29. The van der Waals surface area contributed by atoms with Crippen molar-refractivity contribution in [2.75, 3.05) is 5.32 Å². The van der Waals surface area contributed by atoms with E-state index in [-0.39, 0.29) is 5.56 Å². The molecule has 0 spiro atoms. The minimum Gasteiger partial charge on any atom is -0.318 e. The molecule has 0 saturated heterocycles. The third-order valence-electron chi connectivity index (χ3n) is 4.56. The zero-order valence-corrected chi connectivity index (χ0v) is 14.3. The molecule has 0 amide bonds. The third kappa shape index (κ3) is 2.40. The van der Waals surface area contributed by atoms with Gasteiger partial charge in [0.1, 0.15) is 11.7 Å². The van der Waals surface area contributed by atoms with E-state index >= 15 is 0 Å². The van der Waals surface area contributed by atoms with Gasteiger partial charge in [0.2, 0.25) is 5.95 Å². The molecule has 132 valence electrons. The molecule has 1 aliphatic rings. The molecule has 0 radical (unpaired) electrons. The van der Waals surface area contributed by atoms with Gasteiger partial charge in [0.05, 0.1) is 11.4 Å². The summed E-state index contributed by atoms with van der Waals surface area (Å²) in [4.78, 5) is 17.0. The van der Waals surface area contributed by atoms with Gasteiger partial charge in [-0.2, -0.15) is 9.78 Å². The number of anilines is 2. The van der Waals surface area contributed by atoms with Crippen LogP contribution in [0.4, 0.5) is 11.6 Å². The molecule has 0 fully saturated rings. The van der Waals surface area contributed by atoms with Gasteiger partial charge in [-0.05, 0) is 29.5 Å². The number of pyridine rings is 1. The summed E-state index contributed by atoms with van der Waals surface area (Å²) in [6.07, 6.45) is 1.70. The summed E-state index contributed by atoms with van der Waals surface area (Å²) >= 11 is 0. The molecule has 0 unspecified atom stereocenters. The minimum absolute atomic E-state index is 0.337. The van der Waals surface area contributed by atoms with Crippen molar-refractivity contribution in [3.05, 3.63) is 75.8 Å². The Labute approximate surface area is 153 Å². The van der Waals surface area contributed by atoms with Gasteiger partial charge < -0.3 is 5.32 Å². The standard InChI is InChI=1S/C18H14N8O/c1-10-5-7-11(8-6-10)14-13-15(17(27)22-21-14)20-18-23-24-25-26(18)16(13)12-4-2-3-9-19-12/h2-9,16H,1H3,(H,22,27)(H,20,23,25)/t16-/m1/s1. The van der Waals surface area contributed by atoms with Crippen LogP contribution in [0.2, 0.25) is 0 Å². The van der Waals surface area contributed by atoms with E-state index in [4.69, 9.17) is 0 Å². The molecule has 2 N–H and O–H groups in total. The van der Waals surface area contributed by atoms with Crippen molar-refractivity contribution in [3.63, 3.8) is 0 Å². The predicted molar refractivity (Wildman–Crippen MR) is 97.6 cm³/mol. The maximum Gasteiger partial charge on any atom is 0.288 e. The number of hydrogen-bond donors (Lipinski definition) is 2. The number of H-pyrrole nitrogens is 1. The average molecular weight is 358 g/mol. The highest BCUT2D eigenvalue weighted by atomic mass is 16.1. The Balaban J connectivity index is 1.82. The highest BCUT2D eigenvalue weighted by Crippen LogP contribution is 2.40. The molecule has 0 saturated carbocycles. The second-order valence-electron chi connectivity index (χ2n) is 6.29. The minimum atomic E-state index is -0.474. The molecule has 9 heteroatoms. The Morgan fingerprint density at radius 1 is 1.11 bits per heavy atom. The van der Waals surface area contributed by atoms with Crippen molar-refractivity contribution in [2.45, 2.75) is 13.0 Å². The lowest BCUT2D eigenvalue weighted by molar-refractivity contribution is 0.556. The van der Waals surface area contributed by atoms with E-state index in [9.17, 15) is 4.79 Å². The number of tetrazole rings is 1. The number of aromatic amines is 1. The first-order chi connectivity index (χ1) is 13.2. The largest absolute Gasteiger partial charge is 0.318 e. The molecule has 1 aliphatic heterocycles. The first kappa shape index (κ1) is 15.4. The number of benzene rings is 1. The fraction of sp³-hybridized carbons (Fsp3) is 0.111. The van der Waals surface area contributed by atoms with Gasteiger partial charge in [-0.1, -0.05) is 41.0 Å². The van der Waals surface area contributed by atoms with Crippen LogP contribution >= 0.6 is 0 Å². The maximum absolute atomic E-state index is 12.5. The average Bonchev–Trinajstić information content (AvgIpc) is 3.17. The van der Waals surface area contributed by atoms with E-state index in [1.54, 1.807) is 10.9 Å². The third-order valence-corrected chi connectivity index (χ3v) is 4.56. The topological polar surface area (TPSA) is 114 Å². The van der Waals surface area contributed by atoms with Crippen molar-refractivity contribution in [1.29, 1.82) is 0 Å². The quantitative estimate of drug-likeness (QED) is 0.495. The van der Waals surface area contributed by atoms with Crippen molar-refractivity contribution >= 4 is 11.6 Å². The van der Waals surface area contributed by atoms with Crippen molar-refractivity contribution < 1.29 is 0 Å². The van der Waals surface area contributed by atoms with E-state index in [0.29, 0.717) is 22.9 Å². The molecule has 0 bridgehead atoms. The van der Waals surface area contributed by atoms with Crippen LogP contribution in [0.25, 0.3) is 11.3 Å². The van der Waals surface area contributed by atoms with Crippen molar-refractivity contribution in [2.24, 2.45) is 0 Å². The lowest BCUT2D eigenvalue weighted by Gasteiger charge is -2.27. The Kier molecular flexibility index (Phi) is 3.32. The fourth-order valence-corrected chi connectivity index (χ4v) is 3.28. The van der Waals surface area contributed by atoms with Gasteiger partial charge in [0.25, 0.3) is 5.56 Å². The lowest BCUT2D eigenvalue weighted by atomic mass is 9.95. The Morgan fingerprint density at radius 3 is 2.74 bits per heavy atom.